The van der Waals surface area contributed by atoms with E-state index in [1.165, 1.54) is 68.2 Å². The van der Waals surface area contributed by atoms with Crippen molar-refractivity contribution < 1.29 is 0 Å². The van der Waals surface area contributed by atoms with Crippen molar-refractivity contribution in [2.45, 2.75) is 55.4 Å². The molecule has 0 radical (unpaired) electrons. The van der Waals surface area contributed by atoms with Gasteiger partial charge in [-0.2, -0.15) is 17.5 Å². The Labute approximate surface area is 275 Å². The van der Waals surface area contributed by atoms with Crippen molar-refractivity contribution in [3.05, 3.63) is 118 Å². The monoisotopic (exact) mass is 652 g/mol. The van der Waals surface area contributed by atoms with E-state index in [9.17, 15) is 0 Å². The van der Waals surface area contributed by atoms with E-state index in [1.54, 1.807) is 46.1 Å². The molecule has 224 valence electrons. The first kappa shape index (κ1) is 31.9. The number of rotatable bonds is 0. The molecular formula is C36H36N4S4. The van der Waals surface area contributed by atoms with E-state index in [0.717, 1.165) is 17.1 Å². The highest BCUT2D eigenvalue weighted by molar-refractivity contribution is 7.14. The second kappa shape index (κ2) is 14.0. The van der Waals surface area contributed by atoms with E-state index in [4.69, 9.17) is 0 Å². The van der Waals surface area contributed by atoms with Gasteiger partial charge >= 0.3 is 0 Å². The van der Waals surface area contributed by atoms with Crippen LogP contribution in [0.25, 0.3) is 40.3 Å². The van der Waals surface area contributed by atoms with Crippen LogP contribution in [0.3, 0.4) is 0 Å². The molecule has 8 rings (SSSR count). The summed E-state index contributed by atoms with van der Waals surface area (Å²) in [6.45, 7) is 16.8. The number of nitrogens with zero attached hydrogens (tertiary/aromatic N) is 4. The Morgan fingerprint density at radius 3 is 1.84 bits per heavy atom. The Bertz CT molecular complexity index is 2170. The van der Waals surface area contributed by atoms with E-state index in [-0.39, 0.29) is 0 Å². The lowest BCUT2D eigenvalue weighted by molar-refractivity contribution is 1.36. The predicted molar refractivity (Wildman–Crippen MR) is 196 cm³/mol. The van der Waals surface area contributed by atoms with Crippen molar-refractivity contribution >= 4 is 86.5 Å². The van der Waals surface area contributed by atoms with Crippen LogP contribution in [0.1, 0.15) is 44.9 Å². The second-order valence-electron chi connectivity index (χ2n) is 11.0. The molecule has 0 saturated carbocycles. The maximum Gasteiger partial charge on any atom is 0.0592 e. The molecule has 4 heterocycles. The molecule has 0 amide bonds. The Balaban J connectivity index is 0.000000116. The van der Waals surface area contributed by atoms with Gasteiger partial charge in [0.25, 0.3) is 0 Å². The van der Waals surface area contributed by atoms with Gasteiger partial charge in [0.15, 0.2) is 0 Å². The van der Waals surface area contributed by atoms with E-state index >= 15 is 0 Å². The van der Waals surface area contributed by atoms with Gasteiger partial charge in [0, 0.05) is 27.7 Å². The molecular weight excluding hydrogens is 617 g/mol. The normalized spacial score (nSPS) is 10.7. The van der Waals surface area contributed by atoms with Gasteiger partial charge in [0.05, 0.1) is 35.9 Å². The zero-order chi connectivity index (χ0) is 31.4. The summed E-state index contributed by atoms with van der Waals surface area (Å²) in [4.78, 5) is 0. The topological polar surface area (TPSA) is 51.6 Å². The molecule has 0 spiro atoms. The van der Waals surface area contributed by atoms with Gasteiger partial charge in [-0.25, -0.2) is 0 Å². The molecule has 0 atom stereocenters. The average Bonchev–Trinajstić information content (AvgIpc) is 3.80. The van der Waals surface area contributed by atoms with Crippen LogP contribution in [0.4, 0.5) is 0 Å². The van der Waals surface area contributed by atoms with Crippen LogP contribution in [-0.4, -0.2) is 17.5 Å². The number of aryl methyl sites for hydroxylation is 8. The Hall–Kier alpha value is -3.56. The molecule has 4 aromatic heterocycles. The van der Waals surface area contributed by atoms with Gasteiger partial charge in [-0.15, -0.1) is 0 Å². The zero-order valence-electron chi connectivity index (χ0n) is 26.4. The van der Waals surface area contributed by atoms with Crippen LogP contribution in [-0.2, 0) is 0 Å². The summed E-state index contributed by atoms with van der Waals surface area (Å²) in [6.07, 6.45) is 1.95. The van der Waals surface area contributed by atoms with Crippen LogP contribution in [0, 0.1) is 55.4 Å². The summed E-state index contributed by atoms with van der Waals surface area (Å²) in [5.41, 5.74) is 10.1. The van der Waals surface area contributed by atoms with Gasteiger partial charge in [0.2, 0.25) is 0 Å². The molecule has 0 unspecified atom stereocenters. The van der Waals surface area contributed by atoms with E-state index in [1.807, 2.05) is 13.1 Å². The predicted octanol–water partition coefficient (Wildman–Crippen LogP) is 11.7. The van der Waals surface area contributed by atoms with E-state index in [2.05, 4.69) is 133 Å². The van der Waals surface area contributed by atoms with Gasteiger partial charge in [-0.05, 0) is 154 Å². The fourth-order valence-electron chi connectivity index (χ4n) is 4.88. The van der Waals surface area contributed by atoms with Crippen LogP contribution >= 0.6 is 46.1 Å². The van der Waals surface area contributed by atoms with Crippen LogP contribution in [0.5, 0.6) is 0 Å². The lowest BCUT2D eigenvalue weighted by Gasteiger charge is -1.98. The first-order valence-corrected chi connectivity index (χ1v) is 17.5. The fraction of sp³-hybridized carbons (Fsp3) is 0.222. The maximum absolute atomic E-state index is 4.30. The summed E-state index contributed by atoms with van der Waals surface area (Å²) in [6, 6.07) is 23.5. The number of benzene rings is 4. The summed E-state index contributed by atoms with van der Waals surface area (Å²) in [5.74, 6) is 0. The lowest BCUT2D eigenvalue weighted by Crippen LogP contribution is -1.78. The minimum absolute atomic E-state index is 1.14. The third-order valence-electron chi connectivity index (χ3n) is 7.57. The fourth-order valence-corrected chi connectivity index (χ4v) is 8.10. The number of hydrogen-bond acceptors (Lipinski definition) is 8. The van der Waals surface area contributed by atoms with Crippen LogP contribution < -0.4 is 0 Å². The Morgan fingerprint density at radius 1 is 0.455 bits per heavy atom. The molecule has 0 bridgehead atoms. The lowest BCUT2D eigenvalue weighted by atomic mass is 10.1. The molecule has 0 N–H and O–H groups in total. The maximum atomic E-state index is 4.30. The molecule has 4 nitrogen and oxygen atoms in total. The summed E-state index contributed by atoms with van der Waals surface area (Å²) in [7, 11) is 0. The summed E-state index contributed by atoms with van der Waals surface area (Å²) in [5, 5.41) is 5.23. The van der Waals surface area contributed by atoms with Crippen LogP contribution in [0.15, 0.2) is 72.9 Å². The molecule has 4 aromatic carbocycles. The van der Waals surface area contributed by atoms with Crippen molar-refractivity contribution in [2.24, 2.45) is 0 Å². The van der Waals surface area contributed by atoms with Crippen molar-refractivity contribution in [3.8, 4) is 0 Å². The zero-order valence-corrected chi connectivity index (χ0v) is 29.6. The highest BCUT2D eigenvalue weighted by Gasteiger charge is 2.03. The minimum Gasteiger partial charge on any atom is -0.200 e. The van der Waals surface area contributed by atoms with Crippen molar-refractivity contribution in [2.75, 3.05) is 0 Å². The van der Waals surface area contributed by atoms with Gasteiger partial charge < -0.3 is 0 Å². The number of fused-ring (bicyclic) bond motifs is 4. The third-order valence-corrected chi connectivity index (χ3v) is 11.1. The Kier molecular flexibility index (Phi) is 10.2. The molecule has 8 aromatic rings. The molecule has 8 heteroatoms. The third kappa shape index (κ3) is 7.21. The smallest absolute Gasteiger partial charge is 0.0592 e. The molecule has 0 fully saturated rings. The van der Waals surface area contributed by atoms with Crippen molar-refractivity contribution in [3.63, 3.8) is 0 Å². The molecule has 44 heavy (non-hydrogen) atoms. The molecule has 0 aliphatic heterocycles. The molecule has 0 aliphatic rings. The van der Waals surface area contributed by atoms with Gasteiger partial charge in [-0.3, -0.25) is 0 Å². The second-order valence-corrected chi connectivity index (χ2v) is 14.2. The summed E-state index contributed by atoms with van der Waals surface area (Å²) < 4.78 is 22.2. The first-order chi connectivity index (χ1) is 21.1. The highest BCUT2D eigenvalue weighted by atomic mass is 32.1. The minimum atomic E-state index is 1.14. The van der Waals surface area contributed by atoms with Crippen LogP contribution in [0.2, 0.25) is 0 Å². The van der Waals surface area contributed by atoms with E-state index in [0.29, 0.717) is 0 Å². The average molecular weight is 653 g/mol. The van der Waals surface area contributed by atoms with E-state index < -0.39 is 0 Å². The highest BCUT2D eigenvalue weighted by Crippen LogP contribution is 2.26. The van der Waals surface area contributed by atoms with Crippen molar-refractivity contribution in [1.29, 1.82) is 0 Å². The largest absolute Gasteiger partial charge is 0.200 e. The van der Waals surface area contributed by atoms with Gasteiger partial charge in [0.1, 0.15) is 0 Å². The SMILES string of the molecule is Cc1ccc2c(C)nsc2c1.Cc1ccc2snc(C)c2c1.Cc1ccc2sncc2c1C.Cc1cccc2snc(C)c12. The molecule has 0 aliphatic carbocycles. The first-order valence-electron chi connectivity index (χ1n) is 14.4. The molecule has 0 saturated heterocycles. The number of hydrogen-bond donors (Lipinski definition) is 0. The standard InChI is InChI=1S/4C9H9NS/c1-6-3-4-9-8(7(6)2)5-10-11-9;1-6-3-4-9-8(5-6)7(2)10-11-9;1-6-3-4-8-7(2)10-11-9(8)5-6;1-6-4-3-5-8-9(6)7(2)10-11-8/h4*3-5H,1-2H3. The van der Waals surface area contributed by atoms with Gasteiger partial charge in [-0.1, -0.05) is 42.0 Å². The number of aromatic nitrogens is 4. The quantitative estimate of drug-likeness (QED) is 0.164. The summed E-state index contributed by atoms with van der Waals surface area (Å²) >= 11 is 6.29. The Morgan fingerprint density at radius 2 is 1.07 bits per heavy atom. The van der Waals surface area contributed by atoms with Crippen molar-refractivity contribution in [1.82, 2.24) is 17.5 Å².